The number of halogens is 3. The van der Waals surface area contributed by atoms with Crippen LogP contribution in [0, 0.1) is 0 Å². The van der Waals surface area contributed by atoms with E-state index >= 15 is 0 Å². The summed E-state index contributed by atoms with van der Waals surface area (Å²) in [6.07, 6.45) is -2.21. The zero-order chi connectivity index (χ0) is 17.9. The Kier molecular flexibility index (Phi) is 5.74. The Balaban J connectivity index is 1.90. The minimum Gasteiger partial charge on any atom is -0.373 e. The van der Waals surface area contributed by atoms with E-state index in [1.807, 2.05) is 6.92 Å². The fraction of sp³-hybridized carbons (Fsp3) is 0.588. The van der Waals surface area contributed by atoms with Gasteiger partial charge in [0, 0.05) is 13.6 Å². The van der Waals surface area contributed by atoms with Gasteiger partial charge < -0.3 is 15.0 Å². The van der Waals surface area contributed by atoms with Gasteiger partial charge in [-0.2, -0.15) is 13.2 Å². The molecule has 24 heavy (non-hydrogen) atoms. The monoisotopic (exact) mass is 344 g/mol. The predicted molar refractivity (Wildman–Crippen MR) is 84.6 cm³/mol. The molecule has 7 heteroatoms. The van der Waals surface area contributed by atoms with Crippen LogP contribution in [0.5, 0.6) is 0 Å². The number of alkyl halides is 3. The van der Waals surface area contributed by atoms with E-state index in [0.29, 0.717) is 12.1 Å². The fourth-order valence-corrected chi connectivity index (χ4v) is 2.71. The average Bonchev–Trinajstić information content (AvgIpc) is 2.96. The fourth-order valence-electron chi connectivity index (χ4n) is 2.71. The molecule has 2 rings (SSSR count). The first-order valence-electron chi connectivity index (χ1n) is 8.01. The standard InChI is InChI=1S/C17H23F3N2O2/c1-11-4-9-15(24-11)10-21-16(23)22(3)12(2)13-5-7-14(8-6-13)17(18,19)20/h5-8,11-12,15H,4,9-10H2,1-3H3,(H,21,23). The van der Waals surface area contributed by atoms with E-state index in [-0.39, 0.29) is 24.3 Å². The number of amides is 2. The lowest BCUT2D eigenvalue weighted by Crippen LogP contribution is -2.42. The molecule has 0 bridgehead atoms. The SMILES string of the molecule is CC1CCC(CNC(=O)N(C)C(C)c2ccc(C(F)(F)F)cc2)O1. The molecular weight excluding hydrogens is 321 g/mol. The highest BCUT2D eigenvalue weighted by Crippen LogP contribution is 2.30. The zero-order valence-corrected chi connectivity index (χ0v) is 14.1. The van der Waals surface area contributed by atoms with Gasteiger partial charge in [-0.15, -0.1) is 0 Å². The van der Waals surface area contributed by atoms with Crippen molar-refractivity contribution in [2.75, 3.05) is 13.6 Å². The van der Waals surface area contributed by atoms with E-state index in [9.17, 15) is 18.0 Å². The van der Waals surface area contributed by atoms with E-state index in [1.165, 1.54) is 17.0 Å². The molecule has 0 aromatic heterocycles. The van der Waals surface area contributed by atoms with Crippen LogP contribution in [0.1, 0.15) is 43.9 Å². The van der Waals surface area contributed by atoms with Crippen molar-refractivity contribution >= 4 is 6.03 Å². The van der Waals surface area contributed by atoms with E-state index < -0.39 is 11.7 Å². The number of ether oxygens (including phenoxy) is 1. The minimum atomic E-state index is -4.36. The zero-order valence-electron chi connectivity index (χ0n) is 14.1. The van der Waals surface area contributed by atoms with Crippen LogP contribution >= 0.6 is 0 Å². The first-order valence-corrected chi connectivity index (χ1v) is 8.01. The molecule has 1 heterocycles. The summed E-state index contributed by atoms with van der Waals surface area (Å²) in [6.45, 7) is 4.21. The second-order valence-corrected chi connectivity index (χ2v) is 6.24. The van der Waals surface area contributed by atoms with Crippen LogP contribution < -0.4 is 5.32 Å². The van der Waals surface area contributed by atoms with Gasteiger partial charge >= 0.3 is 12.2 Å². The Labute approximate surface area is 140 Å². The number of nitrogens with zero attached hydrogens (tertiary/aromatic N) is 1. The number of carbonyl (C=O) groups excluding carboxylic acids is 1. The Morgan fingerprint density at radius 3 is 2.46 bits per heavy atom. The van der Waals surface area contributed by atoms with Gasteiger partial charge in [0.05, 0.1) is 23.8 Å². The summed E-state index contributed by atoms with van der Waals surface area (Å²) in [5.41, 5.74) is -0.0514. The van der Waals surface area contributed by atoms with Crippen molar-refractivity contribution in [1.82, 2.24) is 10.2 Å². The van der Waals surface area contributed by atoms with Gasteiger partial charge in [-0.3, -0.25) is 0 Å². The molecule has 1 aliphatic heterocycles. The molecule has 0 radical (unpaired) electrons. The van der Waals surface area contributed by atoms with Crippen LogP contribution in [0.15, 0.2) is 24.3 Å². The largest absolute Gasteiger partial charge is 0.416 e. The summed E-state index contributed by atoms with van der Waals surface area (Å²) in [4.78, 5) is 13.7. The summed E-state index contributed by atoms with van der Waals surface area (Å²) in [5.74, 6) is 0. The maximum absolute atomic E-state index is 12.6. The number of benzene rings is 1. The Morgan fingerprint density at radius 2 is 1.96 bits per heavy atom. The third-order valence-electron chi connectivity index (χ3n) is 4.42. The Morgan fingerprint density at radius 1 is 1.33 bits per heavy atom. The highest BCUT2D eigenvalue weighted by Gasteiger charge is 2.30. The van der Waals surface area contributed by atoms with E-state index in [2.05, 4.69) is 5.32 Å². The van der Waals surface area contributed by atoms with Gasteiger partial charge in [0.25, 0.3) is 0 Å². The lowest BCUT2D eigenvalue weighted by Gasteiger charge is -2.26. The first-order chi connectivity index (χ1) is 11.2. The van der Waals surface area contributed by atoms with Crippen LogP contribution in [0.2, 0.25) is 0 Å². The number of carbonyl (C=O) groups is 1. The molecule has 1 saturated heterocycles. The summed E-state index contributed by atoms with van der Waals surface area (Å²) >= 11 is 0. The Hall–Kier alpha value is -1.76. The predicted octanol–water partition coefficient (Wildman–Crippen LogP) is 3.98. The van der Waals surface area contributed by atoms with Crippen molar-refractivity contribution in [2.24, 2.45) is 0 Å². The summed E-state index contributed by atoms with van der Waals surface area (Å²) < 4.78 is 43.4. The van der Waals surface area contributed by atoms with Crippen LogP contribution in [-0.2, 0) is 10.9 Å². The molecule has 3 unspecified atom stereocenters. The molecule has 1 aromatic rings. The van der Waals surface area contributed by atoms with Gasteiger partial charge in [0.1, 0.15) is 0 Å². The van der Waals surface area contributed by atoms with Gasteiger partial charge in [-0.1, -0.05) is 12.1 Å². The van der Waals surface area contributed by atoms with Crippen LogP contribution in [0.3, 0.4) is 0 Å². The van der Waals surface area contributed by atoms with Crippen LogP contribution in [-0.4, -0.2) is 36.7 Å². The lowest BCUT2D eigenvalue weighted by atomic mass is 10.1. The van der Waals surface area contributed by atoms with Gasteiger partial charge in [-0.25, -0.2) is 4.79 Å². The molecule has 3 atom stereocenters. The van der Waals surface area contributed by atoms with Gasteiger partial charge in [-0.05, 0) is 44.4 Å². The smallest absolute Gasteiger partial charge is 0.373 e. The van der Waals surface area contributed by atoms with Crippen LogP contribution in [0.4, 0.5) is 18.0 Å². The van der Waals surface area contributed by atoms with Crippen molar-refractivity contribution < 1.29 is 22.7 Å². The Bertz CT molecular complexity index is 560. The lowest BCUT2D eigenvalue weighted by molar-refractivity contribution is -0.137. The molecule has 1 aromatic carbocycles. The van der Waals surface area contributed by atoms with E-state index in [0.717, 1.165) is 25.0 Å². The summed E-state index contributed by atoms with van der Waals surface area (Å²) in [6, 6.07) is 4.26. The van der Waals surface area contributed by atoms with Crippen molar-refractivity contribution in [3.63, 3.8) is 0 Å². The average molecular weight is 344 g/mol. The molecule has 1 N–H and O–H groups in total. The number of rotatable bonds is 4. The van der Waals surface area contributed by atoms with E-state index in [1.54, 1.807) is 14.0 Å². The van der Waals surface area contributed by atoms with Gasteiger partial charge in [0.15, 0.2) is 0 Å². The molecular formula is C17H23F3N2O2. The number of hydrogen-bond acceptors (Lipinski definition) is 2. The van der Waals surface area contributed by atoms with Gasteiger partial charge in [0.2, 0.25) is 0 Å². The van der Waals surface area contributed by atoms with Crippen LogP contribution in [0.25, 0.3) is 0 Å². The van der Waals surface area contributed by atoms with Crippen molar-refractivity contribution in [1.29, 1.82) is 0 Å². The number of urea groups is 1. The molecule has 134 valence electrons. The van der Waals surface area contributed by atoms with E-state index in [4.69, 9.17) is 4.74 Å². The maximum Gasteiger partial charge on any atom is 0.416 e. The first kappa shape index (κ1) is 18.6. The second kappa shape index (κ2) is 7.42. The molecule has 1 aliphatic rings. The topological polar surface area (TPSA) is 41.6 Å². The van der Waals surface area contributed by atoms with Crippen molar-refractivity contribution in [3.05, 3.63) is 35.4 Å². The van der Waals surface area contributed by atoms with Crippen molar-refractivity contribution in [3.8, 4) is 0 Å². The quantitative estimate of drug-likeness (QED) is 0.898. The molecule has 2 amide bonds. The highest BCUT2D eigenvalue weighted by molar-refractivity contribution is 5.74. The highest BCUT2D eigenvalue weighted by atomic mass is 19.4. The number of nitrogens with one attached hydrogen (secondary N) is 1. The minimum absolute atomic E-state index is 0.0266. The molecule has 4 nitrogen and oxygen atoms in total. The molecule has 1 fully saturated rings. The molecule has 0 aliphatic carbocycles. The molecule has 0 spiro atoms. The third-order valence-corrected chi connectivity index (χ3v) is 4.42. The summed E-state index contributed by atoms with van der Waals surface area (Å²) in [5, 5.41) is 2.81. The maximum atomic E-state index is 12.6. The molecule has 0 saturated carbocycles. The summed E-state index contributed by atoms with van der Waals surface area (Å²) in [7, 11) is 1.62. The van der Waals surface area contributed by atoms with Crippen molar-refractivity contribution in [2.45, 2.75) is 51.1 Å². The second-order valence-electron chi connectivity index (χ2n) is 6.24. The normalized spacial score (nSPS) is 22.2. The number of hydrogen-bond donors (Lipinski definition) is 1. The third kappa shape index (κ3) is 4.63.